The Hall–Kier alpha value is -1.55. The van der Waals surface area contributed by atoms with Gasteiger partial charge in [0.05, 0.1) is 13.5 Å². The molecule has 0 spiro atoms. The van der Waals surface area contributed by atoms with E-state index in [0.29, 0.717) is 0 Å². The zero-order valence-corrected chi connectivity index (χ0v) is 10.3. The molecule has 1 unspecified atom stereocenters. The quantitative estimate of drug-likeness (QED) is 0.763. The fraction of sp³-hybridized carbons (Fsp3) is 0.462. The summed E-state index contributed by atoms with van der Waals surface area (Å²) in [6, 6.07) is 7.30. The maximum absolute atomic E-state index is 10.9. The van der Waals surface area contributed by atoms with Crippen molar-refractivity contribution >= 4 is 5.97 Å². The Morgan fingerprint density at radius 1 is 1.47 bits per heavy atom. The summed E-state index contributed by atoms with van der Waals surface area (Å²) in [5.74, 6) is -0.0909. The Morgan fingerprint density at radius 2 is 2.18 bits per heavy atom. The molecule has 0 aliphatic rings. The molecule has 0 aromatic heterocycles. The van der Waals surface area contributed by atoms with Crippen LogP contribution in [-0.4, -0.2) is 24.7 Å². The predicted octanol–water partition coefficient (Wildman–Crippen LogP) is 2.21. The molecule has 4 heteroatoms. The van der Waals surface area contributed by atoms with Crippen LogP contribution in [0.2, 0.25) is 0 Å². The van der Waals surface area contributed by atoms with Crippen molar-refractivity contribution in [1.82, 2.24) is 5.32 Å². The van der Waals surface area contributed by atoms with Gasteiger partial charge in [-0.2, -0.15) is 0 Å². The van der Waals surface area contributed by atoms with E-state index < -0.39 is 5.97 Å². The highest BCUT2D eigenvalue weighted by molar-refractivity contribution is 5.68. The largest absolute Gasteiger partial charge is 0.496 e. The minimum Gasteiger partial charge on any atom is -0.496 e. The van der Waals surface area contributed by atoms with Crippen molar-refractivity contribution in [3.05, 3.63) is 29.8 Å². The molecule has 0 fully saturated rings. The van der Waals surface area contributed by atoms with Crippen LogP contribution in [0.3, 0.4) is 0 Å². The molecule has 4 nitrogen and oxygen atoms in total. The van der Waals surface area contributed by atoms with E-state index in [1.807, 2.05) is 31.2 Å². The van der Waals surface area contributed by atoms with Gasteiger partial charge >= 0.3 is 5.97 Å². The van der Waals surface area contributed by atoms with E-state index in [4.69, 9.17) is 9.84 Å². The molecule has 1 aromatic rings. The molecule has 1 aromatic carbocycles. The van der Waals surface area contributed by atoms with Crippen molar-refractivity contribution in [1.29, 1.82) is 0 Å². The van der Waals surface area contributed by atoms with Gasteiger partial charge in [0.15, 0.2) is 0 Å². The SMILES string of the molecule is CCCNC(CC(=O)O)c1ccccc1OC. The summed E-state index contributed by atoms with van der Waals surface area (Å²) in [4.78, 5) is 10.9. The van der Waals surface area contributed by atoms with Crippen molar-refractivity contribution in [3.8, 4) is 5.75 Å². The third kappa shape index (κ3) is 4.07. The first-order chi connectivity index (χ1) is 8.19. The number of hydrogen-bond acceptors (Lipinski definition) is 3. The van der Waals surface area contributed by atoms with Crippen LogP contribution in [0.4, 0.5) is 0 Å². The molecule has 17 heavy (non-hydrogen) atoms. The first-order valence-electron chi connectivity index (χ1n) is 5.77. The van der Waals surface area contributed by atoms with Crippen LogP contribution in [0.15, 0.2) is 24.3 Å². The Kier molecular flexibility index (Phi) is 5.49. The van der Waals surface area contributed by atoms with Gasteiger partial charge in [-0.05, 0) is 19.0 Å². The minimum atomic E-state index is -0.815. The molecule has 1 rings (SSSR count). The number of rotatable bonds is 7. The van der Waals surface area contributed by atoms with Gasteiger partial charge in [0.25, 0.3) is 0 Å². The lowest BCUT2D eigenvalue weighted by molar-refractivity contribution is -0.137. The third-order valence-electron chi connectivity index (χ3n) is 2.53. The topological polar surface area (TPSA) is 58.6 Å². The van der Waals surface area contributed by atoms with Crippen molar-refractivity contribution < 1.29 is 14.6 Å². The van der Waals surface area contributed by atoms with Gasteiger partial charge in [-0.1, -0.05) is 25.1 Å². The number of carboxylic acids is 1. The third-order valence-corrected chi connectivity index (χ3v) is 2.53. The maximum atomic E-state index is 10.9. The minimum absolute atomic E-state index is 0.0559. The van der Waals surface area contributed by atoms with Crippen LogP contribution < -0.4 is 10.1 Å². The van der Waals surface area contributed by atoms with Crippen molar-refractivity contribution in [2.45, 2.75) is 25.8 Å². The molecule has 0 heterocycles. The van der Waals surface area contributed by atoms with Gasteiger partial charge < -0.3 is 15.2 Å². The number of hydrogen-bond donors (Lipinski definition) is 2. The Balaban J connectivity index is 2.90. The summed E-state index contributed by atoms with van der Waals surface area (Å²) >= 11 is 0. The number of carbonyl (C=O) groups is 1. The molecule has 0 bridgehead atoms. The number of aliphatic carboxylic acids is 1. The van der Waals surface area contributed by atoms with Crippen LogP contribution in [0, 0.1) is 0 Å². The van der Waals surface area contributed by atoms with Crippen LogP contribution in [0.1, 0.15) is 31.4 Å². The highest BCUT2D eigenvalue weighted by Gasteiger charge is 2.17. The number of nitrogens with one attached hydrogen (secondary N) is 1. The zero-order chi connectivity index (χ0) is 12.7. The fourth-order valence-electron chi connectivity index (χ4n) is 1.74. The van der Waals surface area contributed by atoms with Gasteiger partial charge in [0, 0.05) is 11.6 Å². The summed E-state index contributed by atoms with van der Waals surface area (Å²) in [7, 11) is 1.59. The molecule has 0 saturated heterocycles. The lowest BCUT2D eigenvalue weighted by atomic mass is 10.0. The highest BCUT2D eigenvalue weighted by Crippen LogP contribution is 2.26. The molecular weight excluding hydrogens is 218 g/mol. The number of benzene rings is 1. The monoisotopic (exact) mass is 237 g/mol. The maximum Gasteiger partial charge on any atom is 0.305 e. The highest BCUT2D eigenvalue weighted by atomic mass is 16.5. The number of para-hydroxylation sites is 1. The Morgan fingerprint density at radius 3 is 2.76 bits per heavy atom. The molecule has 1 atom stereocenters. The predicted molar refractivity (Wildman–Crippen MR) is 66.3 cm³/mol. The van der Waals surface area contributed by atoms with Gasteiger partial charge in [0.1, 0.15) is 5.75 Å². The van der Waals surface area contributed by atoms with Crippen molar-refractivity contribution in [2.24, 2.45) is 0 Å². The smallest absolute Gasteiger partial charge is 0.305 e. The Labute approximate surface area is 102 Å². The summed E-state index contributed by atoms with van der Waals surface area (Å²) in [6.45, 7) is 2.84. The van der Waals surface area contributed by atoms with E-state index in [0.717, 1.165) is 24.3 Å². The first kappa shape index (κ1) is 13.5. The van der Waals surface area contributed by atoms with Crippen LogP contribution in [-0.2, 0) is 4.79 Å². The van der Waals surface area contributed by atoms with Crippen LogP contribution in [0.25, 0.3) is 0 Å². The van der Waals surface area contributed by atoms with Crippen LogP contribution in [0.5, 0.6) is 5.75 Å². The number of methoxy groups -OCH3 is 1. The lowest BCUT2D eigenvalue weighted by Crippen LogP contribution is -2.25. The van der Waals surface area contributed by atoms with Crippen LogP contribution >= 0.6 is 0 Å². The summed E-state index contributed by atoms with van der Waals surface area (Å²) in [6.07, 6.45) is 1.02. The standard InChI is InChI=1S/C13H19NO3/c1-3-8-14-11(9-13(15)16)10-6-4-5-7-12(10)17-2/h4-7,11,14H,3,8-9H2,1-2H3,(H,15,16). The van der Waals surface area contributed by atoms with E-state index in [9.17, 15) is 4.79 Å². The molecule has 0 aliphatic heterocycles. The molecule has 2 N–H and O–H groups in total. The average molecular weight is 237 g/mol. The average Bonchev–Trinajstić information content (AvgIpc) is 2.34. The second kappa shape index (κ2) is 6.91. The molecule has 0 saturated carbocycles. The van der Waals surface area contributed by atoms with E-state index in [2.05, 4.69) is 5.32 Å². The first-order valence-corrected chi connectivity index (χ1v) is 5.77. The molecule has 0 aliphatic carbocycles. The van der Waals surface area contributed by atoms with E-state index in [1.54, 1.807) is 7.11 Å². The normalized spacial score (nSPS) is 12.1. The van der Waals surface area contributed by atoms with Gasteiger partial charge in [-0.3, -0.25) is 4.79 Å². The van der Waals surface area contributed by atoms with E-state index in [-0.39, 0.29) is 12.5 Å². The van der Waals surface area contributed by atoms with Crippen molar-refractivity contribution in [2.75, 3.05) is 13.7 Å². The molecular formula is C13H19NO3. The molecule has 94 valence electrons. The van der Waals surface area contributed by atoms with E-state index in [1.165, 1.54) is 0 Å². The lowest BCUT2D eigenvalue weighted by Gasteiger charge is -2.19. The number of ether oxygens (including phenoxy) is 1. The second-order valence-corrected chi connectivity index (χ2v) is 3.85. The number of carboxylic acid groups (broad SMARTS) is 1. The molecule has 0 amide bonds. The van der Waals surface area contributed by atoms with Crippen molar-refractivity contribution in [3.63, 3.8) is 0 Å². The fourth-order valence-corrected chi connectivity index (χ4v) is 1.74. The summed E-state index contributed by atoms with van der Waals surface area (Å²) < 4.78 is 5.25. The zero-order valence-electron chi connectivity index (χ0n) is 10.3. The second-order valence-electron chi connectivity index (χ2n) is 3.85. The van der Waals surface area contributed by atoms with Gasteiger partial charge in [0.2, 0.25) is 0 Å². The Bertz CT molecular complexity index is 365. The van der Waals surface area contributed by atoms with E-state index >= 15 is 0 Å². The van der Waals surface area contributed by atoms with Gasteiger partial charge in [-0.25, -0.2) is 0 Å². The molecule has 0 radical (unpaired) electrons. The summed E-state index contributed by atoms with van der Waals surface area (Å²) in [5, 5.41) is 12.2. The summed E-state index contributed by atoms with van der Waals surface area (Å²) in [5.41, 5.74) is 0.894. The van der Waals surface area contributed by atoms with Gasteiger partial charge in [-0.15, -0.1) is 0 Å².